The van der Waals surface area contributed by atoms with Crippen molar-refractivity contribution in [2.24, 2.45) is 0 Å². The zero-order chi connectivity index (χ0) is 24.0. The van der Waals surface area contributed by atoms with E-state index in [-0.39, 0.29) is 17.2 Å². The fourth-order valence-corrected chi connectivity index (χ4v) is 4.28. The number of nitro benzene ring substituents is 1. The fraction of sp³-hybridized carbons (Fsp3) is 0.231. The Morgan fingerprint density at radius 3 is 2.21 bits per heavy atom. The largest absolute Gasteiger partial charge is 0.349 e. The average molecular weight is 444 g/mol. The van der Waals surface area contributed by atoms with E-state index in [4.69, 9.17) is 0 Å². The zero-order valence-corrected chi connectivity index (χ0v) is 19.0. The number of benzene rings is 3. The zero-order valence-electron chi connectivity index (χ0n) is 19.0. The van der Waals surface area contributed by atoms with Crippen molar-refractivity contribution in [3.63, 3.8) is 0 Å². The number of para-hydroxylation sites is 1. The summed E-state index contributed by atoms with van der Waals surface area (Å²) < 4.78 is 0. The molecule has 168 valence electrons. The molecule has 1 heterocycles. The van der Waals surface area contributed by atoms with Gasteiger partial charge in [0.2, 0.25) is 0 Å². The van der Waals surface area contributed by atoms with E-state index in [0.29, 0.717) is 16.8 Å². The molecule has 4 rings (SSSR count). The van der Waals surface area contributed by atoms with Crippen LogP contribution in [0.1, 0.15) is 47.8 Å². The van der Waals surface area contributed by atoms with Crippen LogP contribution in [0, 0.1) is 17.0 Å². The summed E-state index contributed by atoms with van der Waals surface area (Å²) in [5, 5.41) is 14.5. The standard InChI is InChI=1S/C26H25N3O4/c1-17-10-12-18(13-11-17)26(24(31)27-25(2,3)4)22-15-14-20(29(32)33)16-21(22)23(30)28(26)19-8-6-5-7-9-19/h5-16H,1-4H3,(H,27,31). The summed E-state index contributed by atoms with van der Waals surface area (Å²) in [4.78, 5) is 40.3. The van der Waals surface area contributed by atoms with E-state index in [1.807, 2.05) is 58.0 Å². The molecule has 33 heavy (non-hydrogen) atoms. The predicted molar refractivity (Wildman–Crippen MR) is 126 cm³/mol. The van der Waals surface area contributed by atoms with Crippen molar-refractivity contribution in [3.8, 4) is 0 Å². The molecule has 2 amide bonds. The summed E-state index contributed by atoms with van der Waals surface area (Å²) in [6, 6.07) is 20.5. The number of rotatable bonds is 4. The second-order valence-corrected chi connectivity index (χ2v) is 9.24. The molecule has 0 saturated heterocycles. The van der Waals surface area contributed by atoms with Crippen molar-refractivity contribution in [3.05, 3.63) is 105 Å². The van der Waals surface area contributed by atoms with Gasteiger partial charge in [-0.2, -0.15) is 0 Å². The monoisotopic (exact) mass is 443 g/mol. The SMILES string of the molecule is Cc1ccc(C2(C(=O)NC(C)(C)C)c3ccc([N+](=O)[O-])cc3C(=O)N2c2ccccc2)cc1. The van der Waals surface area contributed by atoms with E-state index in [2.05, 4.69) is 5.32 Å². The Hall–Kier alpha value is -4.00. The van der Waals surface area contributed by atoms with Crippen LogP contribution in [0.5, 0.6) is 0 Å². The van der Waals surface area contributed by atoms with E-state index in [1.165, 1.54) is 23.1 Å². The third-order valence-corrected chi connectivity index (χ3v) is 5.67. The van der Waals surface area contributed by atoms with Crippen LogP contribution in [-0.2, 0) is 10.3 Å². The summed E-state index contributed by atoms with van der Waals surface area (Å²) in [6.45, 7) is 7.55. The van der Waals surface area contributed by atoms with Crippen molar-refractivity contribution >= 4 is 23.2 Å². The van der Waals surface area contributed by atoms with E-state index < -0.39 is 21.9 Å². The highest BCUT2D eigenvalue weighted by atomic mass is 16.6. The van der Waals surface area contributed by atoms with Gasteiger partial charge in [-0.1, -0.05) is 48.0 Å². The Labute approximate surface area is 192 Å². The van der Waals surface area contributed by atoms with Gasteiger partial charge in [0, 0.05) is 28.9 Å². The van der Waals surface area contributed by atoms with Crippen LogP contribution in [0.25, 0.3) is 0 Å². The first-order valence-corrected chi connectivity index (χ1v) is 10.6. The molecule has 7 nitrogen and oxygen atoms in total. The number of nitro groups is 1. The number of nitrogens with one attached hydrogen (secondary N) is 1. The fourth-order valence-electron chi connectivity index (χ4n) is 4.28. The number of hydrogen-bond donors (Lipinski definition) is 1. The molecule has 0 radical (unpaired) electrons. The number of hydrogen-bond acceptors (Lipinski definition) is 4. The van der Waals surface area contributed by atoms with E-state index in [1.54, 1.807) is 24.3 Å². The minimum atomic E-state index is -1.54. The molecule has 0 bridgehead atoms. The molecule has 1 N–H and O–H groups in total. The van der Waals surface area contributed by atoms with Gasteiger partial charge in [0.05, 0.1) is 10.5 Å². The van der Waals surface area contributed by atoms with Gasteiger partial charge in [-0.3, -0.25) is 24.6 Å². The van der Waals surface area contributed by atoms with Gasteiger partial charge in [0.1, 0.15) is 0 Å². The summed E-state index contributed by atoms with van der Waals surface area (Å²) >= 11 is 0. The summed E-state index contributed by atoms with van der Waals surface area (Å²) in [7, 11) is 0. The number of nitrogens with zero attached hydrogens (tertiary/aromatic N) is 2. The Morgan fingerprint density at radius 1 is 1.00 bits per heavy atom. The van der Waals surface area contributed by atoms with Gasteiger partial charge in [-0.15, -0.1) is 0 Å². The Bertz CT molecular complexity index is 1250. The lowest BCUT2D eigenvalue weighted by molar-refractivity contribution is -0.384. The molecule has 1 atom stereocenters. The molecular weight excluding hydrogens is 418 g/mol. The van der Waals surface area contributed by atoms with Crippen LogP contribution in [0.4, 0.5) is 11.4 Å². The average Bonchev–Trinajstić information content (AvgIpc) is 3.03. The van der Waals surface area contributed by atoms with Gasteiger partial charge in [0.15, 0.2) is 5.54 Å². The van der Waals surface area contributed by atoms with Gasteiger partial charge < -0.3 is 5.32 Å². The molecule has 1 aliphatic heterocycles. The van der Waals surface area contributed by atoms with Crippen molar-refractivity contribution in [1.29, 1.82) is 0 Å². The first kappa shape index (κ1) is 22.2. The molecule has 0 aliphatic carbocycles. The smallest absolute Gasteiger partial charge is 0.270 e. The lowest BCUT2D eigenvalue weighted by atomic mass is 9.80. The number of carbonyl (C=O) groups is 2. The minimum absolute atomic E-state index is 0.137. The third kappa shape index (κ3) is 3.65. The van der Waals surface area contributed by atoms with Crippen molar-refractivity contribution in [1.82, 2.24) is 5.32 Å². The Kier molecular flexibility index (Phi) is 5.28. The lowest BCUT2D eigenvalue weighted by Crippen LogP contribution is -2.59. The first-order chi connectivity index (χ1) is 15.6. The lowest BCUT2D eigenvalue weighted by Gasteiger charge is -2.40. The van der Waals surface area contributed by atoms with Crippen LogP contribution < -0.4 is 10.2 Å². The van der Waals surface area contributed by atoms with Crippen molar-refractivity contribution in [2.75, 3.05) is 4.90 Å². The second-order valence-electron chi connectivity index (χ2n) is 9.24. The van der Waals surface area contributed by atoms with E-state index in [0.717, 1.165) is 5.56 Å². The van der Waals surface area contributed by atoms with Crippen LogP contribution in [0.2, 0.25) is 0 Å². The van der Waals surface area contributed by atoms with Gasteiger partial charge in [-0.05, 0) is 51.5 Å². The van der Waals surface area contributed by atoms with Gasteiger partial charge in [-0.25, -0.2) is 0 Å². The molecule has 1 unspecified atom stereocenters. The third-order valence-electron chi connectivity index (χ3n) is 5.67. The molecule has 7 heteroatoms. The minimum Gasteiger partial charge on any atom is -0.349 e. The predicted octanol–water partition coefficient (Wildman–Crippen LogP) is 4.72. The van der Waals surface area contributed by atoms with Crippen LogP contribution in [-0.4, -0.2) is 22.3 Å². The van der Waals surface area contributed by atoms with Crippen molar-refractivity contribution in [2.45, 2.75) is 38.8 Å². The second kappa shape index (κ2) is 7.85. The number of aryl methyl sites for hydroxylation is 1. The van der Waals surface area contributed by atoms with Gasteiger partial charge >= 0.3 is 0 Å². The molecule has 3 aromatic carbocycles. The molecule has 0 fully saturated rings. The summed E-state index contributed by atoms with van der Waals surface area (Å²) in [5.74, 6) is -0.854. The first-order valence-electron chi connectivity index (χ1n) is 10.6. The van der Waals surface area contributed by atoms with Crippen LogP contribution >= 0.6 is 0 Å². The van der Waals surface area contributed by atoms with E-state index >= 15 is 0 Å². The molecule has 3 aromatic rings. The number of fused-ring (bicyclic) bond motifs is 1. The number of non-ortho nitro benzene ring substituents is 1. The molecule has 0 spiro atoms. The van der Waals surface area contributed by atoms with Crippen LogP contribution in [0.15, 0.2) is 72.8 Å². The molecule has 0 saturated carbocycles. The Morgan fingerprint density at radius 2 is 1.64 bits per heavy atom. The number of carbonyl (C=O) groups excluding carboxylic acids is 2. The van der Waals surface area contributed by atoms with Crippen LogP contribution in [0.3, 0.4) is 0 Å². The van der Waals surface area contributed by atoms with Gasteiger partial charge in [0.25, 0.3) is 17.5 Å². The number of anilines is 1. The maximum atomic E-state index is 14.1. The van der Waals surface area contributed by atoms with E-state index in [9.17, 15) is 19.7 Å². The Balaban J connectivity index is 2.10. The quantitative estimate of drug-likeness (QED) is 0.466. The number of amides is 2. The van der Waals surface area contributed by atoms with Crippen molar-refractivity contribution < 1.29 is 14.5 Å². The maximum absolute atomic E-state index is 14.1. The highest BCUT2D eigenvalue weighted by Gasteiger charge is 2.57. The molecule has 1 aliphatic rings. The maximum Gasteiger partial charge on any atom is 0.270 e. The normalized spacial score (nSPS) is 17.6. The summed E-state index contributed by atoms with van der Waals surface area (Å²) in [6.07, 6.45) is 0. The molecular formula is C26H25N3O4. The molecule has 0 aromatic heterocycles. The highest BCUT2D eigenvalue weighted by molar-refractivity contribution is 6.19. The highest BCUT2D eigenvalue weighted by Crippen LogP contribution is 2.48. The summed E-state index contributed by atoms with van der Waals surface area (Å²) in [5.41, 5.74) is 0.347. The topological polar surface area (TPSA) is 92.5 Å².